The summed E-state index contributed by atoms with van der Waals surface area (Å²) < 4.78 is 0. The van der Waals surface area contributed by atoms with Gasteiger partial charge in [0.15, 0.2) is 0 Å². The largest absolute Gasteiger partial charge is 0.373 e. The molecule has 0 saturated carbocycles. The van der Waals surface area contributed by atoms with E-state index in [4.69, 9.17) is 0 Å². The van der Waals surface area contributed by atoms with Crippen molar-refractivity contribution in [2.45, 2.75) is 25.9 Å². The van der Waals surface area contributed by atoms with Gasteiger partial charge in [-0.1, -0.05) is 60.7 Å². The minimum Gasteiger partial charge on any atom is -0.373 e. The molecule has 0 spiro atoms. The number of urea groups is 1. The van der Waals surface area contributed by atoms with Crippen LogP contribution in [-0.2, 0) is 0 Å². The van der Waals surface area contributed by atoms with Gasteiger partial charge in [0.2, 0.25) is 0 Å². The van der Waals surface area contributed by atoms with E-state index in [-0.39, 0.29) is 39.3 Å². The molecule has 2 amide bonds. The van der Waals surface area contributed by atoms with E-state index in [9.17, 15) is 25.0 Å². The lowest BCUT2D eigenvalue weighted by atomic mass is 10.1. The number of amides is 2. The van der Waals surface area contributed by atoms with E-state index in [0.717, 1.165) is 22.5 Å². The highest BCUT2D eigenvalue weighted by Gasteiger charge is 2.29. The normalized spacial score (nSPS) is 16.0. The van der Waals surface area contributed by atoms with Crippen molar-refractivity contribution in [1.29, 1.82) is 0 Å². The quantitative estimate of drug-likeness (QED) is 0.135. The fourth-order valence-electron chi connectivity index (χ4n) is 6.62. The van der Waals surface area contributed by atoms with E-state index in [2.05, 4.69) is 20.4 Å². The number of nitrogens with zero attached hydrogens (tertiary/aromatic N) is 6. The summed E-state index contributed by atoms with van der Waals surface area (Å²) in [6.07, 6.45) is 0. The molecule has 2 aliphatic rings. The van der Waals surface area contributed by atoms with E-state index >= 15 is 0 Å². The third-order valence-electron chi connectivity index (χ3n) is 9.53. The molecule has 4 aromatic carbocycles. The minimum atomic E-state index is -0.371. The Bertz CT molecular complexity index is 1680. The number of nitro groups is 2. The van der Waals surface area contributed by atoms with Crippen molar-refractivity contribution in [3.63, 3.8) is 0 Å². The summed E-state index contributed by atoms with van der Waals surface area (Å²) in [6, 6.07) is 29.6. The monoisotopic (exact) mass is 678 g/mol. The maximum Gasteiger partial charge on any atom is 0.320 e. The average molecular weight is 679 g/mol. The van der Waals surface area contributed by atoms with E-state index in [0.29, 0.717) is 63.7 Å². The van der Waals surface area contributed by atoms with Gasteiger partial charge >= 0.3 is 6.03 Å². The minimum absolute atomic E-state index is 0.00483. The zero-order chi connectivity index (χ0) is 35.2. The fraction of sp³-hybridized carbons (Fsp3) is 0.324. The Morgan fingerprint density at radius 1 is 0.580 bits per heavy atom. The third-order valence-corrected chi connectivity index (χ3v) is 9.53. The highest BCUT2D eigenvalue weighted by molar-refractivity contribution is 5.76. The second-order valence-electron chi connectivity index (χ2n) is 12.7. The fourth-order valence-corrected chi connectivity index (χ4v) is 6.62. The van der Waals surface area contributed by atoms with Crippen LogP contribution in [0.2, 0.25) is 0 Å². The highest BCUT2D eigenvalue weighted by Crippen LogP contribution is 2.34. The lowest BCUT2D eigenvalue weighted by Gasteiger charge is -2.41. The standard InChI is InChI=1S/C37H42N8O5/c1-27(29-9-5-3-6-10-29)38-33-25-31(13-15-35(33)44(47)48)40-17-21-42(22-18-40)37(46)43-23-19-41(20-24-43)32-14-16-36(45(49)50)34(26-32)39-28(2)30-11-7-4-8-12-30/h3-16,25-28,38-39H,17-24H2,1-2H3. The summed E-state index contributed by atoms with van der Waals surface area (Å²) in [6.45, 7) is 8.54. The summed E-state index contributed by atoms with van der Waals surface area (Å²) in [5.74, 6) is 0. The van der Waals surface area contributed by atoms with Gasteiger partial charge in [-0.2, -0.15) is 0 Å². The van der Waals surface area contributed by atoms with Gasteiger partial charge in [0, 0.05) is 87.9 Å². The molecule has 260 valence electrons. The molecule has 6 rings (SSSR count). The van der Waals surface area contributed by atoms with Crippen molar-refractivity contribution in [2.24, 2.45) is 0 Å². The van der Waals surface area contributed by atoms with Gasteiger partial charge in [-0.25, -0.2) is 4.79 Å². The van der Waals surface area contributed by atoms with Gasteiger partial charge < -0.3 is 30.2 Å². The molecule has 2 heterocycles. The number of anilines is 4. The smallest absolute Gasteiger partial charge is 0.320 e. The number of hydrogen-bond acceptors (Lipinski definition) is 9. The molecule has 0 radical (unpaired) electrons. The van der Waals surface area contributed by atoms with Crippen LogP contribution in [0.3, 0.4) is 0 Å². The second kappa shape index (κ2) is 15.1. The van der Waals surface area contributed by atoms with Crippen molar-refractivity contribution in [2.75, 3.05) is 72.8 Å². The molecule has 50 heavy (non-hydrogen) atoms. The van der Waals surface area contributed by atoms with E-state index in [1.807, 2.05) is 96.4 Å². The van der Waals surface area contributed by atoms with Crippen LogP contribution in [0.5, 0.6) is 0 Å². The molecule has 2 N–H and O–H groups in total. The number of benzene rings is 4. The Morgan fingerprint density at radius 3 is 1.28 bits per heavy atom. The molecular formula is C37H42N8O5. The summed E-state index contributed by atoms with van der Waals surface area (Å²) in [7, 11) is 0. The van der Waals surface area contributed by atoms with Gasteiger partial charge in [0.1, 0.15) is 11.4 Å². The molecule has 2 atom stereocenters. The van der Waals surface area contributed by atoms with Crippen LogP contribution < -0.4 is 20.4 Å². The molecule has 13 nitrogen and oxygen atoms in total. The van der Waals surface area contributed by atoms with Crippen molar-refractivity contribution in [1.82, 2.24) is 9.80 Å². The Labute approximate surface area is 291 Å². The molecule has 13 heteroatoms. The van der Waals surface area contributed by atoms with Crippen LogP contribution in [0.1, 0.15) is 37.1 Å². The van der Waals surface area contributed by atoms with E-state index in [1.54, 1.807) is 24.3 Å². The first kappa shape index (κ1) is 34.0. The first-order valence-corrected chi connectivity index (χ1v) is 16.9. The van der Waals surface area contributed by atoms with Crippen molar-refractivity contribution in [3.05, 3.63) is 128 Å². The first-order chi connectivity index (χ1) is 24.2. The highest BCUT2D eigenvalue weighted by atomic mass is 16.6. The predicted molar refractivity (Wildman–Crippen MR) is 196 cm³/mol. The number of nitrogens with one attached hydrogen (secondary N) is 2. The molecule has 2 saturated heterocycles. The van der Waals surface area contributed by atoms with Crippen LogP contribution in [0, 0.1) is 20.2 Å². The predicted octanol–water partition coefficient (Wildman–Crippen LogP) is 6.91. The van der Waals surface area contributed by atoms with Gasteiger partial charge in [-0.3, -0.25) is 20.2 Å². The van der Waals surface area contributed by atoms with Crippen LogP contribution in [0.15, 0.2) is 97.1 Å². The number of carbonyl (C=O) groups is 1. The first-order valence-electron chi connectivity index (χ1n) is 16.9. The number of rotatable bonds is 10. The number of nitro benzene ring substituents is 2. The lowest BCUT2D eigenvalue weighted by Crippen LogP contribution is -2.57. The maximum atomic E-state index is 13.5. The van der Waals surface area contributed by atoms with Gasteiger partial charge in [-0.05, 0) is 49.2 Å². The Hall–Kier alpha value is -5.85. The molecule has 0 aliphatic carbocycles. The van der Waals surface area contributed by atoms with Crippen LogP contribution in [0.4, 0.5) is 38.9 Å². The lowest BCUT2D eigenvalue weighted by molar-refractivity contribution is -0.384. The maximum absolute atomic E-state index is 13.5. The van der Waals surface area contributed by atoms with Crippen molar-refractivity contribution >= 4 is 40.2 Å². The molecule has 0 aromatic heterocycles. The summed E-state index contributed by atoms with van der Waals surface area (Å²) in [5.41, 5.74) is 4.76. The second-order valence-corrected chi connectivity index (χ2v) is 12.7. The van der Waals surface area contributed by atoms with Gasteiger partial charge in [0.05, 0.1) is 9.85 Å². The topological polar surface area (TPSA) is 140 Å². The van der Waals surface area contributed by atoms with Crippen LogP contribution in [0.25, 0.3) is 0 Å². The molecule has 2 fully saturated rings. The Balaban J connectivity index is 1.05. The van der Waals surface area contributed by atoms with E-state index in [1.165, 1.54) is 0 Å². The van der Waals surface area contributed by atoms with Gasteiger partial charge in [-0.15, -0.1) is 0 Å². The molecular weight excluding hydrogens is 636 g/mol. The van der Waals surface area contributed by atoms with E-state index < -0.39 is 0 Å². The number of hydrogen-bond donors (Lipinski definition) is 2. The zero-order valence-electron chi connectivity index (χ0n) is 28.3. The average Bonchev–Trinajstić information content (AvgIpc) is 3.15. The zero-order valence-corrected chi connectivity index (χ0v) is 28.3. The van der Waals surface area contributed by atoms with Crippen LogP contribution in [-0.4, -0.2) is 78.0 Å². The van der Waals surface area contributed by atoms with Crippen molar-refractivity contribution < 1.29 is 14.6 Å². The Kier molecular flexibility index (Phi) is 10.3. The SMILES string of the molecule is CC(Nc1cc(N2CCN(C(=O)N3CCN(c4ccc([N+](=O)[O-])c(NC(C)c5ccccc5)c4)CC3)CC2)ccc1[N+](=O)[O-])c1ccccc1. The molecule has 2 unspecified atom stereocenters. The summed E-state index contributed by atoms with van der Waals surface area (Å²) in [5, 5.41) is 30.3. The van der Waals surface area contributed by atoms with Crippen molar-refractivity contribution in [3.8, 4) is 0 Å². The van der Waals surface area contributed by atoms with Gasteiger partial charge in [0.25, 0.3) is 11.4 Å². The molecule has 0 bridgehead atoms. The number of piperazine rings is 2. The Morgan fingerprint density at radius 2 is 0.940 bits per heavy atom. The third kappa shape index (κ3) is 7.72. The molecule has 4 aromatic rings. The number of carbonyl (C=O) groups excluding carboxylic acids is 1. The van der Waals surface area contributed by atoms with Crippen LogP contribution >= 0.6 is 0 Å². The summed E-state index contributed by atoms with van der Waals surface area (Å²) in [4.78, 5) is 44.5. The molecule has 2 aliphatic heterocycles. The summed E-state index contributed by atoms with van der Waals surface area (Å²) >= 11 is 0.